The van der Waals surface area contributed by atoms with Crippen LogP contribution in [0, 0.1) is 0 Å². The van der Waals surface area contributed by atoms with Crippen molar-refractivity contribution in [3.8, 4) is 11.5 Å². The second-order valence-electron chi connectivity index (χ2n) is 5.24. The number of hydrogen-bond donors (Lipinski definition) is 2. The minimum atomic E-state index is -0.946. The number of carboxylic acids is 1. The molecule has 0 spiro atoms. The van der Waals surface area contributed by atoms with Crippen LogP contribution >= 0.6 is 0 Å². The number of fused-ring (bicyclic) bond motifs is 1. The minimum Gasteiger partial charge on any atom is -0.493 e. The molecule has 1 aliphatic heterocycles. The first-order valence-corrected chi connectivity index (χ1v) is 6.99. The van der Waals surface area contributed by atoms with Gasteiger partial charge in [-0.1, -0.05) is 0 Å². The van der Waals surface area contributed by atoms with Gasteiger partial charge in [0.2, 0.25) is 0 Å². The van der Waals surface area contributed by atoms with Gasteiger partial charge in [0.25, 0.3) is 0 Å². The molecule has 2 rings (SSSR count). The normalized spacial score (nSPS) is 16.1. The van der Waals surface area contributed by atoms with Gasteiger partial charge in [-0.05, 0) is 36.1 Å². The molecule has 1 atom stereocenters. The zero-order valence-electron chi connectivity index (χ0n) is 12.5. The Bertz CT molecular complexity index is 519. The highest BCUT2D eigenvalue weighted by Gasteiger charge is 2.20. The molecule has 116 valence electrons. The number of carboxylic acid groups (broad SMARTS) is 1. The van der Waals surface area contributed by atoms with E-state index in [1.165, 1.54) is 11.1 Å². The maximum Gasteiger partial charge on any atom is 0.320 e. The van der Waals surface area contributed by atoms with Gasteiger partial charge in [0.1, 0.15) is 6.04 Å². The number of carbonyl (C=O) groups is 1. The molecule has 0 radical (unpaired) electrons. The summed E-state index contributed by atoms with van der Waals surface area (Å²) in [6, 6.07) is 3.23. The summed E-state index contributed by atoms with van der Waals surface area (Å²) in [5, 5.41) is 8.82. The molecular formula is C15H22N2O4. The minimum absolute atomic E-state index is 0.456. The van der Waals surface area contributed by atoms with E-state index >= 15 is 0 Å². The van der Waals surface area contributed by atoms with Gasteiger partial charge >= 0.3 is 5.97 Å². The van der Waals surface area contributed by atoms with Crippen molar-refractivity contribution in [1.29, 1.82) is 0 Å². The topological polar surface area (TPSA) is 85.0 Å². The summed E-state index contributed by atoms with van der Waals surface area (Å²) in [6.45, 7) is 2.36. The van der Waals surface area contributed by atoms with E-state index < -0.39 is 12.0 Å². The van der Waals surface area contributed by atoms with Crippen molar-refractivity contribution in [2.24, 2.45) is 5.73 Å². The van der Waals surface area contributed by atoms with Crippen LogP contribution in [0.1, 0.15) is 17.5 Å². The third kappa shape index (κ3) is 3.65. The standard InChI is InChI=1S/C15H22N2O4/c1-20-13-7-10-3-5-17(6-4-12(16)15(18)19)9-11(10)8-14(13)21-2/h7-8,12H,3-6,9,16H2,1-2H3,(H,18,19). The number of benzene rings is 1. The van der Waals surface area contributed by atoms with Gasteiger partial charge in [-0.15, -0.1) is 0 Å². The molecule has 1 aromatic rings. The lowest BCUT2D eigenvalue weighted by Crippen LogP contribution is -2.37. The summed E-state index contributed by atoms with van der Waals surface area (Å²) < 4.78 is 10.6. The SMILES string of the molecule is COc1cc2c(cc1OC)CN(CCC(N)C(=O)O)CC2. The molecule has 0 aliphatic carbocycles. The van der Waals surface area contributed by atoms with Crippen molar-refractivity contribution in [3.63, 3.8) is 0 Å². The van der Waals surface area contributed by atoms with E-state index in [4.69, 9.17) is 20.3 Å². The fraction of sp³-hybridized carbons (Fsp3) is 0.533. The van der Waals surface area contributed by atoms with Crippen molar-refractivity contribution >= 4 is 5.97 Å². The lowest BCUT2D eigenvalue weighted by molar-refractivity contribution is -0.138. The highest BCUT2D eigenvalue weighted by molar-refractivity contribution is 5.73. The molecule has 0 aromatic heterocycles. The summed E-state index contributed by atoms with van der Waals surface area (Å²) in [4.78, 5) is 13.0. The van der Waals surface area contributed by atoms with Crippen molar-refractivity contribution in [2.75, 3.05) is 27.3 Å². The lowest BCUT2D eigenvalue weighted by atomic mass is 9.98. The first kappa shape index (κ1) is 15.6. The fourth-order valence-electron chi connectivity index (χ4n) is 2.58. The van der Waals surface area contributed by atoms with Crippen LogP contribution < -0.4 is 15.2 Å². The monoisotopic (exact) mass is 294 g/mol. The number of ether oxygens (including phenoxy) is 2. The summed E-state index contributed by atoms with van der Waals surface area (Å²) in [5.41, 5.74) is 8.00. The van der Waals surface area contributed by atoms with Crippen LogP contribution in [0.2, 0.25) is 0 Å². The lowest BCUT2D eigenvalue weighted by Gasteiger charge is -2.29. The molecule has 1 aromatic carbocycles. The van der Waals surface area contributed by atoms with Crippen molar-refractivity contribution in [3.05, 3.63) is 23.3 Å². The van der Waals surface area contributed by atoms with Crippen molar-refractivity contribution in [2.45, 2.75) is 25.4 Å². The van der Waals surface area contributed by atoms with Crippen molar-refractivity contribution < 1.29 is 19.4 Å². The number of nitrogens with zero attached hydrogens (tertiary/aromatic N) is 1. The van der Waals surface area contributed by atoms with Gasteiger partial charge in [0, 0.05) is 19.6 Å². The van der Waals surface area contributed by atoms with Gasteiger partial charge in [-0.3, -0.25) is 9.69 Å². The van der Waals surface area contributed by atoms with Crippen LogP contribution in [0.4, 0.5) is 0 Å². The molecule has 1 unspecified atom stereocenters. The molecule has 0 fully saturated rings. The maximum absolute atomic E-state index is 10.8. The predicted octanol–water partition coefficient (Wildman–Crippen LogP) is 0.864. The van der Waals surface area contributed by atoms with Gasteiger partial charge in [-0.25, -0.2) is 0 Å². The Morgan fingerprint density at radius 2 is 1.95 bits per heavy atom. The largest absolute Gasteiger partial charge is 0.493 e. The third-order valence-electron chi connectivity index (χ3n) is 3.87. The summed E-state index contributed by atoms with van der Waals surface area (Å²) >= 11 is 0. The highest BCUT2D eigenvalue weighted by atomic mass is 16.5. The van der Waals surface area contributed by atoms with Crippen molar-refractivity contribution in [1.82, 2.24) is 4.90 Å². The van der Waals surface area contributed by atoms with Crippen LogP contribution in [-0.4, -0.2) is 49.3 Å². The molecule has 0 saturated carbocycles. The van der Waals surface area contributed by atoms with Crippen LogP contribution in [0.25, 0.3) is 0 Å². The van der Waals surface area contributed by atoms with E-state index in [0.29, 0.717) is 13.0 Å². The van der Waals surface area contributed by atoms with Crippen LogP contribution in [-0.2, 0) is 17.8 Å². The molecule has 6 nitrogen and oxygen atoms in total. The summed E-state index contributed by atoms with van der Waals surface area (Å²) in [5.74, 6) is 0.525. The Kier molecular flexibility index (Phi) is 5.03. The maximum atomic E-state index is 10.8. The average Bonchev–Trinajstić information content (AvgIpc) is 2.50. The van der Waals surface area contributed by atoms with E-state index in [0.717, 1.165) is 31.0 Å². The number of hydrogen-bond acceptors (Lipinski definition) is 5. The molecule has 3 N–H and O–H groups in total. The van der Waals surface area contributed by atoms with E-state index in [9.17, 15) is 4.79 Å². The quantitative estimate of drug-likeness (QED) is 0.809. The molecule has 6 heteroatoms. The molecule has 0 saturated heterocycles. The summed E-state index contributed by atoms with van der Waals surface area (Å²) in [6.07, 6.45) is 1.37. The van der Waals surface area contributed by atoms with E-state index in [1.807, 2.05) is 12.1 Å². The summed E-state index contributed by atoms with van der Waals surface area (Å²) in [7, 11) is 3.25. The Morgan fingerprint density at radius 3 is 2.52 bits per heavy atom. The average molecular weight is 294 g/mol. The molecule has 0 amide bonds. The van der Waals surface area contributed by atoms with Gasteiger partial charge < -0.3 is 20.3 Å². The van der Waals surface area contributed by atoms with Gasteiger partial charge in [-0.2, -0.15) is 0 Å². The Balaban J connectivity index is 2.04. The Hall–Kier alpha value is -1.79. The van der Waals surface area contributed by atoms with Gasteiger partial charge in [0.15, 0.2) is 11.5 Å². The molecular weight excluding hydrogens is 272 g/mol. The van der Waals surface area contributed by atoms with E-state index in [2.05, 4.69) is 4.90 Å². The second kappa shape index (κ2) is 6.78. The fourth-order valence-corrected chi connectivity index (χ4v) is 2.58. The molecule has 1 aliphatic rings. The number of rotatable bonds is 6. The van der Waals surface area contributed by atoms with Gasteiger partial charge in [0.05, 0.1) is 14.2 Å². The van der Waals surface area contributed by atoms with Crippen LogP contribution in [0.5, 0.6) is 11.5 Å². The molecule has 0 bridgehead atoms. The first-order chi connectivity index (χ1) is 10.0. The van der Waals surface area contributed by atoms with Crippen LogP contribution in [0.3, 0.4) is 0 Å². The Labute approximate surface area is 124 Å². The second-order valence-corrected chi connectivity index (χ2v) is 5.24. The first-order valence-electron chi connectivity index (χ1n) is 6.99. The number of nitrogens with two attached hydrogens (primary N) is 1. The number of methoxy groups -OCH3 is 2. The number of aliphatic carboxylic acids is 1. The van der Waals surface area contributed by atoms with E-state index in [-0.39, 0.29) is 0 Å². The Morgan fingerprint density at radius 1 is 1.33 bits per heavy atom. The molecule has 1 heterocycles. The zero-order chi connectivity index (χ0) is 15.4. The zero-order valence-corrected chi connectivity index (χ0v) is 12.5. The highest BCUT2D eigenvalue weighted by Crippen LogP contribution is 2.33. The predicted molar refractivity (Wildman–Crippen MR) is 78.8 cm³/mol. The van der Waals surface area contributed by atoms with E-state index in [1.54, 1.807) is 14.2 Å². The smallest absolute Gasteiger partial charge is 0.320 e. The van der Waals surface area contributed by atoms with Crippen LogP contribution in [0.15, 0.2) is 12.1 Å². The molecule has 21 heavy (non-hydrogen) atoms. The third-order valence-corrected chi connectivity index (χ3v) is 3.87.